The topological polar surface area (TPSA) is 85.5 Å². The highest BCUT2D eigenvalue weighted by Gasteiger charge is 2.09. The maximum absolute atomic E-state index is 10.2. The van der Waals surface area contributed by atoms with Crippen LogP contribution in [0.4, 0.5) is 0 Å². The predicted octanol–water partition coefficient (Wildman–Crippen LogP) is 1.40. The van der Waals surface area contributed by atoms with Crippen LogP contribution in [0.1, 0.15) is 5.89 Å². The summed E-state index contributed by atoms with van der Waals surface area (Å²) in [4.78, 5) is 10.2. The Morgan fingerprint density at radius 1 is 1.56 bits per heavy atom. The largest absolute Gasteiger partial charge is 0.480 e. The lowest BCUT2D eigenvalue weighted by Gasteiger charge is -1.94. The molecule has 2 rings (SSSR count). The van der Waals surface area contributed by atoms with Crippen LogP contribution in [0.5, 0.6) is 0 Å². The Bertz CT molecular complexity index is 466. The SMILES string of the molecule is O=C(O)COCc1nnc(-c2ccsc2)o1. The Balaban J connectivity index is 1.95. The van der Waals surface area contributed by atoms with E-state index in [0.29, 0.717) is 5.89 Å². The van der Waals surface area contributed by atoms with Gasteiger partial charge in [-0.2, -0.15) is 11.3 Å². The Kier molecular flexibility index (Phi) is 3.28. The molecule has 7 heteroatoms. The Hall–Kier alpha value is -1.73. The monoisotopic (exact) mass is 240 g/mol. The zero-order valence-electron chi connectivity index (χ0n) is 8.12. The molecule has 0 saturated carbocycles. The smallest absolute Gasteiger partial charge is 0.329 e. The minimum Gasteiger partial charge on any atom is -0.480 e. The fraction of sp³-hybridized carbons (Fsp3) is 0.222. The van der Waals surface area contributed by atoms with Crippen LogP contribution in [-0.4, -0.2) is 27.9 Å². The van der Waals surface area contributed by atoms with Crippen LogP contribution >= 0.6 is 11.3 Å². The molecule has 84 valence electrons. The summed E-state index contributed by atoms with van der Waals surface area (Å²) in [6.07, 6.45) is 0. The van der Waals surface area contributed by atoms with Crippen molar-refractivity contribution < 1.29 is 19.1 Å². The van der Waals surface area contributed by atoms with Crippen LogP contribution in [0.25, 0.3) is 11.5 Å². The van der Waals surface area contributed by atoms with E-state index >= 15 is 0 Å². The molecule has 0 bridgehead atoms. The van der Waals surface area contributed by atoms with Crippen LogP contribution in [0.15, 0.2) is 21.2 Å². The Morgan fingerprint density at radius 2 is 2.44 bits per heavy atom. The van der Waals surface area contributed by atoms with Crippen molar-refractivity contribution in [3.8, 4) is 11.5 Å². The molecule has 16 heavy (non-hydrogen) atoms. The first kappa shape index (κ1) is 10.8. The number of aliphatic carboxylic acids is 1. The van der Waals surface area contributed by atoms with E-state index in [1.165, 1.54) is 11.3 Å². The molecular weight excluding hydrogens is 232 g/mol. The second-order valence-corrected chi connectivity index (χ2v) is 3.68. The fourth-order valence-corrected chi connectivity index (χ4v) is 1.67. The summed E-state index contributed by atoms with van der Waals surface area (Å²) in [6, 6.07) is 1.86. The van der Waals surface area contributed by atoms with Crippen LogP contribution in [-0.2, 0) is 16.1 Å². The van der Waals surface area contributed by atoms with E-state index in [9.17, 15) is 4.79 Å². The van der Waals surface area contributed by atoms with Gasteiger partial charge < -0.3 is 14.3 Å². The van der Waals surface area contributed by atoms with Crippen molar-refractivity contribution >= 4 is 17.3 Å². The molecule has 0 saturated heterocycles. The molecule has 0 aliphatic rings. The van der Waals surface area contributed by atoms with E-state index in [4.69, 9.17) is 14.3 Å². The third-order valence-corrected chi connectivity index (χ3v) is 2.37. The maximum atomic E-state index is 10.2. The van der Waals surface area contributed by atoms with Gasteiger partial charge in [-0.15, -0.1) is 10.2 Å². The van der Waals surface area contributed by atoms with Crippen molar-refractivity contribution in [2.24, 2.45) is 0 Å². The van der Waals surface area contributed by atoms with Crippen molar-refractivity contribution in [2.45, 2.75) is 6.61 Å². The van der Waals surface area contributed by atoms with E-state index in [0.717, 1.165) is 5.56 Å². The van der Waals surface area contributed by atoms with Gasteiger partial charge in [-0.25, -0.2) is 4.79 Å². The number of aromatic nitrogens is 2. The quantitative estimate of drug-likeness (QED) is 0.850. The number of carboxylic acids is 1. The second-order valence-electron chi connectivity index (χ2n) is 2.90. The summed E-state index contributed by atoms with van der Waals surface area (Å²) in [6.45, 7) is -0.375. The summed E-state index contributed by atoms with van der Waals surface area (Å²) in [5.41, 5.74) is 0.849. The van der Waals surface area contributed by atoms with Gasteiger partial charge in [0.25, 0.3) is 0 Å². The summed E-state index contributed by atoms with van der Waals surface area (Å²) < 4.78 is 10.1. The van der Waals surface area contributed by atoms with E-state index in [1.807, 2.05) is 16.8 Å². The molecule has 0 atom stereocenters. The number of thiophene rings is 1. The minimum atomic E-state index is -1.03. The number of rotatable bonds is 5. The van der Waals surface area contributed by atoms with Crippen molar-refractivity contribution in [2.75, 3.05) is 6.61 Å². The normalized spacial score (nSPS) is 10.5. The van der Waals surface area contributed by atoms with Crippen LogP contribution in [0.2, 0.25) is 0 Å². The second kappa shape index (κ2) is 4.86. The van der Waals surface area contributed by atoms with E-state index in [2.05, 4.69) is 10.2 Å². The van der Waals surface area contributed by atoms with Gasteiger partial charge in [0.15, 0.2) is 0 Å². The molecule has 2 aromatic heterocycles. The highest BCUT2D eigenvalue weighted by molar-refractivity contribution is 7.08. The highest BCUT2D eigenvalue weighted by Crippen LogP contribution is 2.20. The molecule has 0 aromatic carbocycles. The molecular formula is C9H8N2O4S. The number of ether oxygens (including phenoxy) is 1. The van der Waals surface area contributed by atoms with Crippen molar-refractivity contribution in [3.05, 3.63) is 22.7 Å². The summed E-state index contributed by atoms with van der Waals surface area (Å²) in [5, 5.41) is 19.7. The van der Waals surface area contributed by atoms with Crippen molar-refractivity contribution in [1.82, 2.24) is 10.2 Å². The molecule has 0 amide bonds. The van der Waals surface area contributed by atoms with Gasteiger partial charge in [-0.1, -0.05) is 0 Å². The van der Waals surface area contributed by atoms with E-state index in [-0.39, 0.29) is 19.1 Å². The molecule has 2 heterocycles. The van der Waals surface area contributed by atoms with Gasteiger partial charge in [0.1, 0.15) is 13.2 Å². The van der Waals surface area contributed by atoms with Gasteiger partial charge in [0.05, 0.1) is 0 Å². The highest BCUT2D eigenvalue weighted by atomic mass is 32.1. The number of nitrogens with zero attached hydrogens (tertiary/aromatic N) is 2. The molecule has 0 fully saturated rings. The van der Waals surface area contributed by atoms with Gasteiger partial charge in [-0.05, 0) is 11.4 Å². The summed E-state index contributed by atoms with van der Waals surface area (Å²) >= 11 is 1.53. The average Bonchev–Trinajstić information content (AvgIpc) is 2.85. The standard InChI is InChI=1S/C9H8N2O4S/c12-8(13)4-14-3-7-10-11-9(15-7)6-1-2-16-5-6/h1-2,5H,3-4H2,(H,12,13). The average molecular weight is 240 g/mol. The fourth-order valence-electron chi connectivity index (χ4n) is 1.04. The van der Waals surface area contributed by atoms with Gasteiger partial charge in [0, 0.05) is 10.9 Å². The van der Waals surface area contributed by atoms with Gasteiger partial charge in [0.2, 0.25) is 11.8 Å². The minimum absolute atomic E-state index is 0.00341. The number of carbonyl (C=O) groups is 1. The first-order chi connectivity index (χ1) is 7.75. The Labute approximate surface area is 94.5 Å². The number of carboxylic acid groups (broad SMARTS) is 1. The predicted molar refractivity (Wildman–Crippen MR) is 54.9 cm³/mol. The molecule has 0 spiro atoms. The van der Waals surface area contributed by atoms with E-state index in [1.54, 1.807) is 0 Å². The Morgan fingerprint density at radius 3 is 3.12 bits per heavy atom. The molecule has 0 unspecified atom stereocenters. The third-order valence-electron chi connectivity index (χ3n) is 1.69. The summed E-state index contributed by atoms with van der Waals surface area (Å²) in [5.74, 6) is -0.352. The van der Waals surface area contributed by atoms with Gasteiger partial charge >= 0.3 is 5.97 Å². The molecule has 0 aliphatic heterocycles. The van der Waals surface area contributed by atoms with Crippen molar-refractivity contribution in [1.29, 1.82) is 0 Å². The van der Waals surface area contributed by atoms with Crippen LogP contribution in [0.3, 0.4) is 0 Å². The van der Waals surface area contributed by atoms with Gasteiger partial charge in [-0.3, -0.25) is 0 Å². The maximum Gasteiger partial charge on any atom is 0.329 e. The molecule has 1 N–H and O–H groups in total. The lowest BCUT2D eigenvalue weighted by atomic mass is 10.3. The zero-order valence-corrected chi connectivity index (χ0v) is 8.94. The lowest BCUT2D eigenvalue weighted by Crippen LogP contribution is -2.06. The number of hydrogen-bond donors (Lipinski definition) is 1. The van der Waals surface area contributed by atoms with Crippen LogP contribution < -0.4 is 0 Å². The third kappa shape index (κ3) is 2.65. The number of hydrogen-bond acceptors (Lipinski definition) is 6. The molecule has 0 radical (unpaired) electrons. The van der Waals surface area contributed by atoms with Crippen LogP contribution in [0, 0.1) is 0 Å². The molecule has 6 nitrogen and oxygen atoms in total. The lowest BCUT2D eigenvalue weighted by molar-refractivity contribution is -0.142. The first-order valence-electron chi connectivity index (χ1n) is 4.40. The van der Waals surface area contributed by atoms with Crippen molar-refractivity contribution in [3.63, 3.8) is 0 Å². The first-order valence-corrected chi connectivity index (χ1v) is 5.34. The zero-order chi connectivity index (χ0) is 11.4. The van der Waals surface area contributed by atoms with E-state index < -0.39 is 5.97 Å². The molecule has 2 aromatic rings. The summed E-state index contributed by atoms with van der Waals surface area (Å²) in [7, 11) is 0. The molecule has 0 aliphatic carbocycles.